The second-order valence-electron chi connectivity index (χ2n) is 4.29. The highest BCUT2D eigenvalue weighted by atomic mass is 35.5. The Balaban J connectivity index is 2.14. The molecule has 0 aliphatic heterocycles. The van der Waals surface area contributed by atoms with Crippen LogP contribution in [0.5, 0.6) is 5.75 Å². The molecule has 2 rings (SSSR count). The molecule has 0 amide bonds. The molecular weight excluding hydrogens is 300 g/mol. The summed E-state index contributed by atoms with van der Waals surface area (Å²) in [5.74, 6) is 0.241. The van der Waals surface area contributed by atoms with E-state index >= 15 is 0 Å². The van der Waals surface area contributed by atoms with Crippen molar-refractivity contribution in [3.63, 3.8) is 0 Å². The van der Waals surface area contributed by atoms with Gasteiger partial charge in [0.2, 0.25) is 0 Å². The van der Waals surface area contributed by atoms with E-state index in [1.165, 1.54) is 6.07 Å². The maximum atomic E-state index is 13.1. The number of hydrogen-bond donors (Lipinski definition) is 1. The van der Waals surface area contributed by atoms with Crippen molar-refractivity contribution in [3.8, 4) is 5.75 Å². The van der Waals surface area contributed by atoms with E-state index in [4.69, 9.17) is 33.7 Å². The minimum absolute atomic E-state index is 0.0828. The normalized spacial score (nSPS) is 10.6. The Morgan fingerprint density at radius 3 is 2.60 bits per heavy atom. The van der Waals surface area contributed by atoms with E-state index in [2.05, 4.69) is 0 Å². The average Bonchev–Trinajstić information content (AvgIpc) is 2.43. The smallest absolute Gasteiger partial charge is 0.141 e. The molecule has 2 aromatic rings. The topological polar surface area (TPSA) is 35.2 Å². The first-order chi connectivity index (χ1) is 9.61. The molecule has 0 heterocycles. The molecule has 0 aliphatic carbocycles. The van der Waals surface area contributed by atoms with Gasteiger partial charge in [-0.3, -0.25) is 0 Å². The predicted octanol–water partition coefficient (Wildman–Crippen LogP) is 4.21. The minimum atomic E-state index is -0.443. The summed E-state index contributed by atoms with van der Waals surface area (Å²) >= 11 is 11.9. The number of halogens is 3. The lowest BCUT2D eigenvalue weighted by molar-refractivity contribution is 0.303. The van der Waals surface area contributed by atoms with E-state index in [0.29, 0.717) is 23.7 Å². The van der Waals surface area contributed by atoms with Crippen LogP contribution in [0.3, 0.4) is 0 Å². The van der Waals surface area contributed by atoms with Crippen LogP contribution in [0, 0.1) is 5.82 Å². The zero-order valence-corrected chi connectivity index (χ0v) is 12.2. The highest BCUT2D eigenvalue weighted by molar-refractivity contribution is 6.31. The van der Waals surface area contributed by atoms with Gasteiger partial charge in [-0.2, -0.15) is 0 Å². The molecule has 5 heteroatoms. The maximum Gasteiger partial charge on any atom is 0.141 e. The summed E-state index contributed by atoms with van der Waals surface area (Å²) in [4.78, 5) is 0. The summed E-state index contributed by atoms with van der Waals surface area (Å²) in [6.45, 7) is 0.778. The number of nitrogens with two attached hydrogens (primary N) is 1. The Kier molecular flexibility index (Phi) is 5.24. The Labute approximate surface area is 127 Å². The second kappa shape index (κ2) is 6.93. The molecule has 0 atom stereocenters. The van der Waals surface area contributed by atoms with Crippen LogP contribution >= 0.6 is 23.2 Å². The van der Waals surface area contributed by atoms with Gasteiger partial charge in [0.15, 0.2) is 0 Å². The summed E-state index contributed by atoms with van der Waals surface area (Å²) < 4.78 is 18.8. The molecule has 0 aliphatic rings. The van der Waals surface area contributed by atoms with Crippen LogP contribution in [0.4, 0.5) is 4.39 Å². The highest BCUT2D eigenvalue weighted by Gasteiger charge is 2.08. The number of hydrogen-bond acceptors (Lipinski definition) is 2. The lowest BCUT2D eigenvalue weighted by atomic mass is 10.1. The fraction of sp³-hybridized carbons (Fsp3) is 0.200. The van der Waals surface area contributed by atoms with Crippen LogP contribution in [0.15, 0.2) is 36.4 Å². The largest absolute Gasteiger partial charge is 0.489 e. The quantitative estimate of drug-likeness (QED) is 0.897. The van der Waals surface area contributed by atoms with Gasteiger partial charge >= 0.3 is 0 Å². The van der Waals surface area contributed by atoms with Crippen molar-refractivity contribution in [2.45, 2.75) is 13.0 Å². The molecule has 0 saturated carbocycles. The zero-order chi connectivity index (χ0) is 14.5. The molecule has 2 aromatic carbocycles. The molecular formula is C15H14Cl2FNO. The van der Waals surface area contributed by atoms with Crippen LogP contribution in [-0.2, 0) is 13.0 Å². The summed E-state index contributed by atoms with van der Waals surface area (Å²) in [6, 6.07) is 9.95. The SMILES string of the molecule is NCCc1c(Cl)cccc1OCc1ccc(F)c(Cl)c1. The molecule has 0 unspecified atom stereocenters. The van der Waals surface area contributed by atoms with Gasteiger partial charge in [0.1, 0.15) is 18.2 Å². The van der Waals surface area contributed by atoms with Gasteiger partial charge in [-0.05, 0) is 42.8 Å². The van der Waals surface area contributed by atoms with E-state index < -0.39 is 5.82 Å². The molecule has 20 heavy (non-hydrogen) atoms. The van der Waals surface area contributed by atoms with Crippen LogP contribution in [0.25, 0.3) is 0 Å². The molecule has 2 nitrogen and oxygen atoms in total. The number of benzene rings is 2. The molecule has 0 radical (unpaired) electrons. The monoisotopic (exact) mass is 313 g/mol. The fourth-order valence-corrected chi connectivity index (χ4v) is 2.32. The standard InChI is InChI=1S/C15H14Cl2FNO/c16-12-2-1-3-15(11(12)6-7-19)20-9-10-4-5-14(18)13(17)8-10/h1-5,8H,6-7,9,19H2. The third-order valence-corrected chi connectivity index (χ3v) is 3.49. The zero-order valence-electron chi connectivity index (χ0n) is 10.7. The summed E-state index contributed by atoms with van der Waals surface area (Å²) in [6.07, 6.45) is 0.638. The Morgan fingerprint density at radius 1 is 1.10 bits per heavy atom. The van der Waals surface area contributed by atoms with E-state index in [1.807, 2.05) is 12.1 Å². The summed E-state index contributed by atoms with van der Waals surface area (Å²) in [5, 5.41) is 0.712. The fourth-order valence-electron chi connectivity index (χ4n) is 1.85. The van der Waals surface area contributed by atoms with Gasteiger partial charge in [-0.25, -0.2) is 4.39 Å². The van der Waals surface area contributed by atoms with Crippen molar-refractivity contribution >= 4 is 23.2 Å². The van der Waals surface area contributed by atoms with Gasteiger partial charge in [-0.1, -0.05) is 35.3 Å². The predicted molar refractivity (Wildman–Crippen MR) is 80.0 cm³/mol. The number of rotatable bonds is 5. The van der Waals surface area contributed by atoms with Gasteiger partial charge < -0.3 is 10.5 Å². The van der Waals surface area contributed by atoms with Crippen molar-refractivity contribution in [1.29, 1.82) is 0 Å². The third kappa shape index (κ3) is 3.63. The lowest BCUT2D eigenvalue weighted by Gasteiger charge is -2.12. The van der Waals surface area contributed by atoms with E-state index in [9.17, 15) is 4.39 Å². The lowest BCUT2D eigenvalue weighted by Crippen LogP contribution is -2.06. The molecule has 0 saturated heterocycles. The third-order valence-electron chi connectivity index (χ3n) is 2.85. The molecule has 2 N–H and O–H groups in total. The highest BCUT2D eigenvalue weighted by Crippen LogP contribution is 2.27. The van der Waals surface area contributed by atoms with Crippen molar-refractivity contribution < 1.29 is 9.13 Å². The van der Waals surface area contributed by atoms with Crippen LogP contribution in [0.2, 0.25) is 10.0 Å². The van der Waals surface area contributed by atoms with Gasteiger partial charge in [-0.15, -0.1) is 0 Å². The van der Waals surface area contributed by atoms with E-state index in [0.717, 1.165) is 11.1 Å². The maximum absolute atomic E-state index is 13.1. The molecule has 106 valence electrons. The Hall–Kier alpha value is -1.29. The van der Waals surface area contributed by atoms with E-state index in [-0.39, 0.29) is 11.6 Å². The van der Waals surface area contributed by atoms with Crippen LogP contribution < -0.4 is 10.5 Å². The Bertz CT molecular complexity index is 604. The van der Waals surface area contributed by atoms with Crippen molar-refractivity contribution in [3.05, 3.63) is 63.4 Å². The second-order valence-corrected chi connectivity index (χ2v) is 5.11. The van der Waals surface area contributed by atoms with Crippen LogP contribution in [-0.4, -0.2) is 6.54 Å². The average molecular weight is 314 g/mol. The van der Waals surface area contributed by atoms with Gasteiger partial charge in [0.25, 0.3) is 0 Å². The molecule has 0 spiro atoms. The van der Waals surface area contributed by atoms with E-state index in [1.54, 1.807) is 18.2 Å². The van der Waals surface area contributed by atoms with Crippen molar-refractivity contribution in [2.24, 2.45) is 5.73 Å². The van der Waals surface area contributed by atoms with Gasteiger partial charge in [0.05, 0.1) is 5.02 Å². The van der Waals surface area contributed by atoms with Crippen molar-refractivity contribution in [2.75, 3.05) is 6.54 Å². The van der Waals surface area contributed by atoms with Crippen LogP contribution in [0.1, 0.15) is 11.1 Å². The summed E-state index contributed by atoms with van der Waals surface area (Å²) in [7, 11) is 0. The van der Waals surface area contributed by atoms with Gasteiger partial charge in [0, 0.05) is 10.6 Å². The Morgan fingerprint density at radius 2 is 1.90 bits per heavy atom. The summed E-state index contributed by atoms with van der Waals surface area (Å²) in [5.41, 5.74) is 7.24. The minimum Gasteiger partial charge on any atom is -0.489 e. The molecule has 0 aromatic heterocycles. The first-order valence-electron chi connectivity index (χ1n) is 6.16. The molecule has 0 bridgehead atoms. The first kappa shape index (κ1) is 15.1. The molecule has 0 fully saturated rings. The number of ether oxygens (including phenoxy) is 1. The van der Waals surface area contributed by atoms with Crippen molar-refractivity contribution in [1.82, 2.24) is 0 Å². The first-order valence-corrected chi connectivity index (χ1v) is 6.91.